The third-order valence-corrected chi connectivity index (χ3v) is 13.5. The van der Waals surface area contributed by atoms with Crippen molar-refractivity contribution in [3.8, 4) is 0 Å². The maximum atomic E-state index is 2.43. The summed E-state index contributed by atoms with van der Waals surface area (Å²) in [6, 6.07) is 21.9. The Morgan fingerprint density at radius 2 is 1.16 bits per heavy atom. The fourth-order valence-electron chi connectivity index (χ4n) is 7.17. The fraction of sp³-hybridized carbons (Fsp3) is 0.479. The molecule has 3 aromatic rings. The predicted octanol–water partition coefficient (Wildman–Crippen LogP) is 9.62. The zero-order chi connectivity index (χ0) is 40.2. The number of benzene rings is 2. The maximum Gasteiger partial charge on any atom is 0.169 e. The number of quaternary nitrogens is 2. The zero-order valence-electron chi connectivity index (χ0n) is 36.1. The highest BCUT2D eigenvalue weighted by Gasteiger charge is 2.17. The Morgan fingerprint density at radius 3 is 1.64 bits per heavy atom. The predicted molar refractivity (Wildman–Crippen MR) is 251 cm³/mol. The number of aromatic nitrogens is 1. The van der Waals surface area contributed by atoms with E-state index in [0.29, 0.717) is 0 Å². The Labute approximate surface area is 349 Å². The van der Waals surface area contributed by atoms with Crippen molar-refractivity contribution >= 4 is 51.2 Å². The molecule has 1 aliphatic heterocycles. The van der Waals surface area contributed by atoms with Gasteiger partial charge in [-0.2, -0.15) is 0 Å². The first-order valence-corrected chi connectivity index (χ1v) is 23.4. The lowest BCUT2D eigenvalue weighted by atomic mass is 10.1. The summed E-state index contributed by atoms with van der Waals surface area (Å²) in [5, 5.41) is 0. The quantitative estimate of drug-likeness (QED) is 0.0366. The van der Waals surface area contributed by atoms with E-state index < -0.39 is 0 Å². The molecule has 0 radical (unpaired) electrons. The standard InChI is InChI=1S/C48H73N6S2/c1-9-51-33-27-43(28-34-51)23-25-45-19-11-13-21-47(45)49(3)31-15-37-53(5,6)39-17-41-55-56-42-18-40-54(7,8)38-16-32-50(4)48-22-14-12-20-46(48)26-24-44-29-35-52(10-2)36-30-44/h11-14,19-30,33-35H,9-10,15-18,31-32,36-42H2,1-8H3/q+3/b26-24+. The van der Waals surface area contributed by atoms with E-state index in [9.17, 15) is 0 Å². The van der Waals surface area contributed by atoms with Crippen LogP contribution in [0.2, 0.25) is 0 Å². The van der Waals surface area contributed by atoms with Gasteiger partial charge in [0.15, 0.2) is 12.4 Å². The van der Waals surface area contributed by atoms with Crippen LogP contribution in [0.1, 0.15) is 56.2 Å². The van der Waals surface area contributed by atoms with E-state index in [1.807, 2.05) is 0 Å². The number of hydrogen-bond acceptors (Lipinski definition) is 5. The number of rotatable bonds is 25. The smallest absolute Gasteiger partial charge is 0.169 e. The summed E-state index contributed by atoms with van der Waals surface area (Å²) in [5.74, 6) is 2.47. The van der Waals surface area contributed by atoms with Crippen molar-refractivity contribution in [2.45, 2.75) is 46.1 Å². The molecule has 1 aromatic heterocycles. The van der Waals surface area contributed by atoms with Gasteiger partial charge in [-0.25, -0.2) is 4.57 Å². The number of likely N-dealkylation sites (N-methyl/N-ethyl adjacent to an activating group) is 1. The maximum absolute atomic E-state index is 2.43. The Morgan fingerprint density at radius 1 is 0.661 bits per heavy atom. The minimum absolute atomic E-state index is 0.989. The minimum Gasteiger partial charge on any atom is -0.374 e. The number of nitrogens with zero attached hydrogens (tertiary/aromatic N) is 6. The largest absolute Gasteiger partial charge is 0.374 e. The molecule has 8 heteroatoms. The van der Waals surface area contributed by atoms with Gasteiger partial charge in [0, 0.05) is 101 Å². The van der Waals surface area contributed by atoms with Crippen LogP contribution in [0.5, 0.6) is 0 Å². The van der Waals surface area contributed by atoms with E-state index in [-0.39, 0.29) is 0 Å². The number of hydrogen-bond donors (Lipinski definition) is 0. The molecule has 0 N–H and O–H groups in total. The second kappa shape index (κ2) is 23.7. The minimum atomic E-state index is 0.989. The molecule has 0 amide bonds. The van der Waals surface area contributed by atoms with Gasteiger partial charge in [0.25, 0.3) is 0 Å². The number of anilines is 2. The second-order valence-electron chi connectivity index (χ2n) is 16.5. The Bertz CT molecular complexity index is 1710. The molecule has 0 atom stereocenters. The van der Waals surface area contributed by atoms with Gasteiger partial charge in [-0.1, -0.05) is 88.4 Å². The Hall–Kier alpha value is -3.43. The van der Waals surface area contributed by atoms with Crippen LogP contribution in [0, 0.1) is 0 Å². The van der Waals surface area contributed by atoms with E-state index in [1.165, 1.54) is 97.0 Å². The summed E-state index contributed by atoms with van der Waals surface area (Å²) < 4.78 is 4.37. The zero-order valence-corrected chi connectivity index (χ0v) is 37.7. The van der Waals surface area contributed by atoms with Crippen LogP contribution in [0.4, 0.5) is 11.4 Å². The highest BCUT2D eigenvalue weighted by molar-refractivity contribution is 8.76. The summed E-state index contributed by atoms with van der Waals surface area (Å²) >= 11 is 0. The third kappa shape index (κ3) is 16.2. The number of aryl methyl sites for hydroxylation is 1. The van der Waals surface area contributed by atoms with Crippen LogP contribution in [0.25, 0.3) is 18.2 Å². The van der Waals surface area contributed by atoms with E-state index in [1.54, 1.807) is 0 Å². The SMILES string of the molecule is CCN1C=CC(/C=C/c2ccccc2N(C)CCC[N+](C)(C)CCCSSCCC[N+](C)(C)CCCN(C)c2ccccc2/C=C/c2cc[n+](CC)cc2)=CC1. The average molecular weight is 798 g/mol. The number of para-hydroxylation sites is 2. The molecule has 56 heavy (non-hydrogen) atoms. The molecule has 0 bridgehead atoms. The van der Waals surface area contributed by atoms with Crippen molar-refractivity contribution in [2.75, 3.05) is 116 Å². The molecule has 0 saturated heterocycles. The molecular formula is C48H73N6S2+3. The first kappa shape index (κ1) is 45.3. The second-order valence-corrected chi connectivity index (χ2v) is 19.2. The fourth-order valence-corrected chi connectivity index (χ4v) is 9.32. The van der Waals surface area contributed by atoms with Crippen LogP contribution < -0.4 is 14.4 Å². The van der Waals surface area contributed by atoms with Crippen LogP contribution in [0.3, 0.4) is 0 Å². The number of allylic oxidation sites excluding steroid dienone is 3. The summed E-state index contributed by atoms with van der Waals surface area (Å²) in [4.78, 5) is 7.17. The van der Waals surface area contributed by atoms with Crippen LogP contribution in [0.15, 0.2) is 103 Å². The molecule has 0 fully saturated rings. The molecule has 1 aliphatic rings. The Balaban J connectivity index is 1.06. The third-order valence-electron chi connectivity index (χ3n) is 10.9. The molecule has 2 aromatic carbocycles. The molecule has 0 saturated carbocycles. The molecule has 6 nitrogen and oxygen atoms in total. The van der Waals surface area contributed by atoms with Crippen molar-refractivity contribution in [1.29, 1.82) is 0 Å². The monoisotopic (exact) mass is 798 g/mol. The molecule has 0 aliphatic carbocycles. The van der Waals surface area contributed by atoms with Gasteiger partial charge in [-0.3, -0.25) is 0 Å². The lowest BCUT2D eigenvalue weighted by molar-refractivity contribution is -0.890. The van der Waals surface area contributed by atoms with Crippen molar-refractivity contribution in [1.82, 2.24) is 4.90 Å². The van der Waals surface area contributed by atoms with Crippen LogP contribution in [-0.2, 0) is 6.54 Å². The average Bonchev–Trinajstić information content (AvgIpc) is 3.20. The normalized spacial score (nSPS) is 13.6. The molecular weight excluding hydrogens is 725 g/mol. The lowest BCUT2D eigenvalue weighted by Crippen LogP contribution is -2.42. The van der Waals surface area contributed by atoms with Crippen molar-refractivity contribution in [2.24, 2.45) is 0 Å². The van der Waals surface area contributed by atoms with Gasteiger partial charge in [0.05, 0.1) is 54.4 Å². The summed E-state index contributed by atoms with van der Waals surface area (Å²) in [6.07, 6.45) is 24.9. The topological polar surface area (TPSA) is 13.6 Å². The summed E-state index contributed by atoms with van der Waals surface area (Å²) in [7, 11) is 18.2. The van der Waals surface area contributed by atoms with Gasteiger partial charge in [0.2, 0.25) is 0 Å². The van der Waals surface area contributed by atoms with Crippen molar-refractivity contribution in [3.63, 3.8) is 0 Å². The lowest BCUT2D eigenvalue weighted by Gasteiger charge is -2.31. The van der Waals surface area contributed by atoms with Gasteiger partial charge in [-0.05, 0) is 60.5 Å². The highest BCUT2D eigenvalue weighted by atomic mass is 33.1. The summed E-state index contributed by atoms with van der Waals surface area (Å²) in [6.45, 7) is 14.4. The molecule has 0 unspecified atom stereocenters. The van der Waals surface area contributed by atoms with Gasteiger partial charge < -0.3 is 23.7 Å². The first-order valence-electron chi connectivity index (χ1n) is 20.9. The van der Waals surface area contributed by atoms with Crippen molar-refractivity contribution in [3.05, 3.63) is 120 Å². The van der Waals surface area contributed by atoms with E-state index >= 15 is 0 Å². The molecule has 4 rings (SSSR count). The van der Waals surface area contributed by atoms with E-state index in [2.05, 4.69) is 213 Å². The van der Waals surface area contributed by atoms with E-state index in [4.69, 9.17) is 0 Å². The van der Waals surface area contributed by atoms with E-state index in [0.717, 1.165) is 41.7 Å². The molecule has 304 valence electrons. The van der Waals surface area contributed by atoms with Gasteiger partial charge in [-0.15, -0.1) is 0 Å². The number of pyridine rings is 1. The van der Waals surface area contributed by atoms with Crippen LogP contribution >= 0.6 is 21.6 Å². The first-order chi connectivity index (χ1) is 27.0. The molecule has 2 heterocycles. The van der Waals surface area contributed by atoms with Gasteiger partial charge in [0.1, 0.15) is 6.54 Å². The summed E-state index contributed by atoms with van der Waals surface area (Å²) in [5.41, 5.74) is 7.67. The van der Waals surface area contributed by atoms with Crippen molar-refractivity contribution < 1.29 is 13.5 Å². The van der Waals surface area contributed by atoms with Crippen LogP contribution in [-0.4, -0.2) is 120 Å². The highest BCUT2D eigenvalue weighted by Crippen LogP contribution is 2.26. The van der Waals surface area contributed by atoms with Gasteiger partial charge >= 0.3 is 0 Å². The Kier molecular flexibility index (Phi) is 19.2. The molecule has 0 spiro atoms.